The third kappa shape index (κ3) is 2.18. The summed E-state index contributed by atoms with van der Waals surface area (Å²) in [5, 5.41) is 0. The van der Waals surface area contributed by atoms with Crippen LogP contribution in [0.3, 0.4) is 0 Å². The van der Waals surface area contributed by atoms with Crippen molar-refractivity contribution in [1.82, 2.24) is 4.98 Å². The van der Waals surface area contributed by atoms with Crippen molar-refractivity contribution in [2.75, 3.05) is 20.3 Å². The van der Waals surface area contributed by atoms with E-state index in [9.17, 15) is 0 Å². The van der Waals surface area contributed by atoms with E-state index in [2.05, 4.69) is 18.8 Å². The highest BCUT2D eigenvalue weighted by molar-refractivity contribution is 5.32. The topological polar surface area (TPSA) is 40.6 Å². The Labute approximate surface area is 95.5 Å². The first kappa shape index (κ1) is 11.4. The predicted molar refractivity (Wildman–Crippen MR) is 59.5 cm³/mol. The van der Waals surface area contributed by atoms with E-state index < -0.39 is 0 Å². The third-order valence-corrected chi connectivity index (χ3v) is 2.58. The van der Waals surface area contributed by atoms with Crippen molar-refractivity contribution >= 4 is 0 Å². The molecule has 0 bridgehead atoms. The van der Waals surface area contributed by atoms with Gasteiger partial charge in [0.15, 0.2) is 6.29 Å². The molecule has 16 heavy (non-hydrogen) atoms. The summed E-state index contributed by atoms with van der Waals surface area (Å²) in [5.74, 6) is 1.08. The molecule has 1 aromatic heterocycles. The number of rotatable bonds is 3. The number of methoxy groups -OCH3 is 1. The minimum atomic E-state index is -0.292. The van der Waals surface area contributed by atoms with E-state index in [-0.39, 0.29) is 6.29 Å². The SMILES string of the molecule is COc1cnc(C(C)C)c(C2OCCO2)c1. The summed E-state index contributed by atoms with van der Waals surface area (Å²) in [6, 6.07) is 1.94. The van der Waals surface area contributed by atoms with Gasteiger partial charge in [-0.3, -0.25) is 4.98 Å². The predicted octanol–water partition coefficient (Wildman–Crippen LogP) is 2.26. The molecular formula is C12H17NO3. The smallest absolute Gasteiger partial charge is 0.185 e. The van der Waals surface area contributed by atoms with Crippen molar-refractivity contribution < 1.29 is 14.2 Å². The molecule has 4 heteroatoms. The van der Waals surface area contributed by atoms with Gasteiger partial charge in [-0.25, -0.2) is 0 Å². The van der Waals surface area contributed by atoms with Gasteiger partial charge in [0.25, 0.3) is 0 Å². The summed E-state index contributed by atoms with van der Waals surface area (Å²) >= 11 is 0. The number of ether oxygens (including phenoxy) is 3. The van der Waals surface area contributed by atoms with E-state index >= 15 is 0 Å². The van der Waals surface area contributed by atoms with E-state index in [1.165, 1.54) is 0 Å². The lowest BCUT2D eigenvalue weighted by atomic mass is 10.0. The number of hydrogen-bond donors (Lipinski definition) is 0. The fourth-order valence-electron chi connectivity index (χ4n) is 1.79. The molecule has 88 valence electrons. The fourth-order valence-corrected chi connectivity index (χ4v) is 1.79. The second-order valence-corrected chi connectivity index (χ2v) is 4.08. The minimum Gasteiger partial charge on any atom is -0.495 e. The molecule has 0 unspecified atom stereocenters. The van der Waals surface area contributed by atoms with Crippen LogP contribution in [0.1, 0.15) is 37.3 Å². The highest BCUT2D eigenvalue weighted by atomic mass is 16.7. The van der Waals surface area contributed by atoms with Crippen molar-refractivity contribution in [3.63, 3.8) is 0 Å². The number of aromatic nitrogens is 1. The Morgan fingerprint density at radius 3 is 2.62 bits per heavy atom. The maximum atomic E-state index is 5.51. The van der Waals surface area contributed by atoms with E-state index in [0.29, 0.717) is 19.1 Å². The van der Waals surface area contributed by atoms with Crippen LogP contribution in [0, 0.1) is 0 Å². The molecule has 1 aliphatic rings. The molecule has 2 heterocycles. The molecule has 1 aliphatic heterocycles. The largest absolute Gasteiger partial charge is 0.495 e. The first-order chi connectivity index (χ1) is 7.72. The quantitative estimate of drug-likeness (QED) is 0.788. The molecule has 0 aromatic carbocycles. The monoisotopic (exact) mass is 223 g/mol. The molecule has 0 radical (unpaired) electrons. The standard InChI is InChI=1S/C12H17NO3/c1-8(2)11-10(12-15-4-5-16-12)6-9(14-3)7-13-11/h6-8,12H,4-5H2,1-3H3. The van der Waals surface area contributed by atoms with Crippen LogP contribution in [0.5, 0.6) is 5.75 Å². The Balaban J connectivity index is 2.37. The van der Waals surface area contributed by atoms with E-state index in [1.54, 1.807) is 13.3 Å². The first-order valence-corrected chi connectivity index (χ1v) is 5.49. The van der Waals surface area contributed by atoms with E-state index in [4.69, 9.17) is 14.2 Å². The summed E-state index contributed by atoms with van der Waals surface area (Å²) in [6.45, 7) is 5.49. The first-order valence-electron chi connectivity index (χ1n) is 5.49. The summed E-state index contributed by atoms with van der Waals surface area (Å²) in [5.41, 5.74) is 1.99. The fraction of sp³-hybridized carbons (Fsp3) is 0.583. The minimum absolute atomic E-state index is 0.292. The average Bonchev–Trinajstić information content (AvgIpc) is 2.81. The molecule has 1 saturated heterocycles. The van der Waals surface area contributed by atoms with Gasteiger partial charge in [-0.05, 0) is 12.0 Å². The highest BCUT2D eigenvalue weighted by Gasteiger charge is 2.23. The summed E-state index contributed by atoms with van der Waals surface area (Å²) < 4.78 is 16.2. The van der Waals surface area contributed by atoms with Gasteiger partial charge in [0.1, 0.15) is 5.75 Å². The molecular weight excluding hydrogens is 206 g/mol. The molecule has 2 rings (SSSR count). The van der Waals surface area contributed by atoms with Crippen LogP contribution in [0.25, 0.3) is 0 Å². The van der Waals surface area contributed by atoms with Crippen molar-refractivity contribution in [3.8, 4) is 5.75 Å². The molecule has 0 aliphatic carbocycles. The zero-order chi connectivity index (χ0) is 11.5. The van der Waals surface area contributed by atoms with Crippen molar-refractivity contribution in [3.05, 3.63) is 23.5 Å². The third-order valence-electron chi connectivity index (χ3n) is 2.58. The molecule has 0 N–H and O–H groups in total. The maximum absolute atomic E-state index is 5.51. The lowest BCUT2D eigenvalue weighted by Gasteiger charge is -2.16. The zero-order valence-electron chi connectivity index (χ0n) is 9.90. The van der Waals surface area contributed by atoms with Crippen LogP contribution in [0.2, 0.25) is 0 Å². The van der Waals surface area contributed by atoms with Gasteiger partial charge in [0.05, 0.1) is 32.2 Å². The number of pyridine rings is 1. The molecule has 0 atom stereocenters. The van der Waals surface area contributed by atoms with Crippen molar-refractivity contribution in [1.29, 1.82) is 0 Å². The van der Waals surface area contributed by atoms with Gasteiger partial charge < -0.3 is 14.2 Å². The Morgan fingerprint density at radius 2 is 2.06 bits per heavy atom. The van der Waals surface area contributed by atoms with Gasteiger partial charge >= 0.3 is 0 Å². The van der Waals surface area contributed by atoms with Gasteiger partial charge in [-0.1, -0.05) is 13.8 Å². The molecule has 0 saturated carbocycles. The maximum Gasteiger partial charge on any atom is 0.185 e. The Morgan fingerprint density at radius 1 is 1.38 bits per heavy atom. The van der Waals surface area contributed by atoms with Gasteiger partial charge in [0, 0.05) is 5.56 Å². The van der Waals surface area contributed by atoms with Crippen LogP contribution < -0.4 is 4.74 Å². The van der Waals surface area contributed by atoms with E-state index in [1.807, 2.05) is 6.07 Å². The van der Waals surface area contributed by atoms with Crippen LogP contribution in [0.4, 0.5) is 0 Å². The molecule has 0 amide bonds. The number of hydrogen-bond acceptors (Lipinski definition) is 4. The van der Waals surface area contributed by atoms with Crippen LogP contribution in [-0.4, -0.2) is 25.3 Å². The second kappa shape index (κ2) is 4.80. The summed E-state index contributed by atoms with van der Waals surface area (Å²) in [7, 11) is 1.63. The zero-order valence-corrected chi connectivity index (χ0v) is 9.90. The molecule has 1 aromatic rings. The summed E-state index contributed by atoms with van der Waals surface area (Å²) in [4.78, 5) is 4.41. The van der Waals surface area contributed by atoms with E-state index in [0.717, 1.165) is 17.0 Å². The van der Waals surface area contributed by atoms with Crippen LogP contribution in [0.15, 0.2) is 12.3 Å². The average molecular weight is 223 g/mol. The lowest BCUT2D eigenvalue weighted by molar-refractivity contribution is -0.0452. The molecule has 0 spiro atoms. The Hall–Kier alpha value is -1.13. The Bertz CT molecular complexity index is 359. The second-order valence-electron chi connectivity index (χ2n) is 4.08. The van der Waals surface area contributed by atoms with Crippen LogP contribution in [-0.2, 0) is 9.47 Å². The normalized spacial score (nSPS) is 17.0. The highest BCUT2D eigenvalue weighted by Crippen LogP contribution is 2.31. The van der Waals surface area contributed by atoms with Crippen LogP contribution >= 0.6 is 0 Å². The van der Waals surface area contributed by atoms with Gasteiger partial charge in [-0.15, -0.1) is 0 Å². The summed E-state index contributed by atoms with van der Waals surface area (Å²) in [6.07, 6.45) is 1.44. The number of nitrogens with zero attached hydrogens (tertiary/aromatic N) is 1. The molecule has 4 nitrogen and oxygen atoms in total. The van der Waals surface area contributed by atoms with Gasteiger partial charge in [-0.2, -0.15) is 0 Å². The molecule has 1 fully saturated rings. The van der Waals surface area contributed by atoms with Crippen molar-refractivity contribution in [2.24, 2.45) is 0 Å². The lowest BCUT2D eigenvalue weighted by Crippen LogP contribution is -2.07. The van der Waals surface area contributed by atoms with Crippen molar-refractivity contribution in [2.45, 2.75) is 26.1 Å². The Kier molecular flexibility index (Phi) is 3.41. The van der Waals surface area contributed by atoms with Gasteiger partial charge in [0.2, 0.25) is 0 Å².